The van der Waals surface area contributed by atoms with E-state index < -0.39 is 0 Å². The zero-order valence-electron chi connectivity index (χ0n) is 24.8. The molecule has 3 rings (SSSR count). The van der Waals surface area contributed by atoms with Crippen LogP contribution >= 0.6 is 0 Å². The average Bonchev–Trinajstić information content (AvgIpc) is 2.83. The lowest BCUT2D eigenvalue weighted by molar-refractivity contribution is -0.129. The summed E-state index contributed by atoms with van der Waals surface area (Å²) in [5.74, 6) is 0.656. The fourth-order valence-corrected chi connectivity index (χ4v) is 6.49. The van der Waals surface area contributed by atoms with Gasteiger partial charge >= 0.3 is 0 Å². The summed E-state index contributed by atoms with van der Waals surface area (Å²) < 4.78 is 0. The van der Waals surface area contributed by atoms with Crippen molar-refractivity contribution in [3.05, 3.63) is 69.8 Å². The molecule has 206 valence electrons. The summed E-state index contributed by atoms with van der Waals surface area (Å²) in [6.45, 7) is 14.5. The molecule has 0 fully saturated rings. The van der Waals surface area contributed by atoms with Crippen LogP contribution in [-0.2, 0) is 34.3 Å². The van der Waals surface area contributed by atoms with E-state index in [9.17, 15) is 14.4 Å². The molecule has 38 heavy (non-hydrogen) atoms. The van der Waals surface area contributed by atoms with Crippen molar-refractivity contribution in [2.24, 2.45) is 17.8 Å². The maximum absolute atomic E-state index is 13.4. The molecule has 0 heterocycles. The number of hydrogen-bond acceptors (Lipinski definition) is 3. The van der Waals surface area contributed by atoms with Gasteiger partial charge in [0.15, 0.2) is 5.78 Å². The molecular weight excluding hydrogens is 468 g/mol. The molecule has 2 aromatic carbocycles. The lowest BCUT2D eigenvalue weighted by atomic mass is 9.71. The Labute approximate surface area is 230 Å². The summed E-state index contributed by atoms with van der Waals surface area (Å²) in [7, 11) is 0. The van der Waals surface area contributed by atoms with E-state index in [0.717, 1.165) is 56.1 Å². The second kappa shape index (κ2) is 13.0. The Hall–Kier alpha value is -2.55. The standard InChI is InChI=1S/C35H48O3/c1-8-10-28(30(9-2)32(37)19-24(4)36)20-26-21-31-27(15-11-23(3)34(31)33(38)22-26)16-12-25-13-17-29(18-14-25)35(5,6)7/h11,13-15,17-18,26,28,30H,8-10,12,16,19-22H2,1-7H3. The molecule has 1 aliphatic carbocycles. The van der Waals surface area contributed by atoms with E-state index in [2.05, 4.69) is 77.9 Å². The van der Waals surface area contributed by atoms with Gasteiger partial charge in [-0.2, -0.15) is 0 Å². The van der Waals surface area contributed by atoms with Crippen LogP contribution in [-0.4, -0.2) is 17.3 Å². The largest absolute Gasteiger partial charge is 0.300 e. The van der Waals surface area contributed by atoms with E-state index in [0.29, 0.717) is 6.42 Å². The topological polar surface area (TPSA) is 51.2 Å². The van der Waals surface area contributed by atoms with E-state index in [1.165, 1.54) is 29.2 Å². The predicted molar refractivity (Wildman–Crippen MR) is 157 cm³/mol. The molecule has 3 atom stereocenters. The van der Waals surface area contributed by atoms with Crippen LogP contribution in [0.25, 0.3) is 0 Å². The zero-order chi connectivity index (χ0) is 28.0. The smallest absolute Gasteiger partial charge is 0.163 e. The number of benzene rings is 2. The van der Waals surface area contributed by atoms with Crippen molar-refractivity contribution in [3.63, 3.8) is 0 Å². The van der Waals surface area contributed by atoms with Gasteiger partial charge in [0.25, 0.3) is 0 Å². The first kappa shape index (κ1) is 30.0. The van der Waals surface area contributed by atoms with Crippen molar-refractivity contribution in [3.8, 4) is 0 Å². The van der Waals surface area contributed by atoms with Gasteiger partial charge in [0.05, 0.1) is 6.42 Å². The second-order valence-electron chi connectivity index (χ2n) is 12.7. The molecule has 0 saturated carbocycles. The highest BCUT2D eigenvalue weighted by Gasteiger charge is 2.33. The fraction of sp³-hybridized carbons (Fsp3) is 0.571. The molecule has 0 aromatic heterocycles. The number of hydrogen-bond donors (Lipinski definition) is 0. The average molecular weight is 517 g/mol. The minimum absolute atomic E-state index is 0.0330. The van der Waals surface area contributed by atoms with Gasteiger partial charge in [0.2, 0.25) is 0 Å². The first-order chi connectivity index (χ1) is 17.9. The molecule has 0 bridgehead atoms. The molecular formula is C35H48O3. The highest BCUT2D eigenvalue weighted by atomic mass is 16.1. The minimum Gasteiger partial charge on any atom is -0.300 e. The van der Waals surface area contributed by atoms with Crippen LogP contribution in [0.15, 0.2) is 36.4 Å². The normalized spacial score (nSPS) is 17.1. The van der Waals surface area contributed by atoms with Crippen LogP contribution in [0.1, 0.15) is 118 Å². The number of carbonyl (C=O) groups excluding carboxylic acids is 3. The van der Waals surface area contributed by atoms with E-state index in [-0.39, 0.29) is 46.9 Å². The van der Waals surface area contributed by atoms with E-state index in [1.54, 1.807) is 0 Å². The first-order valence-electron chi connectivity index (χ1n) is 14.7. The van der Waals surface area contributed by atoms with Gasteiger partial charge in [-0.05, 0) is 91.0 Å². The summed E-state index contributed by atoms with van der Waals surface area (Å²) in [5, 5.41) is 0. The molecule has 0 amide bonds. The maximum Gasteiger partial charge on any atom is 0.163 e. The van der Waals surface area contributed by atoms with Gasteiger partial charge < -0.3 is 0 Å². The van der Waals surface area contributed by atoms with Crippen molar-refractivity contribution in [2.75, 3.05) is 0 Å². The Bertz CT molecular complexity index is 1130. The van der Waals surface area contributed by atoms with Gasteiger partial charge in [-0.3, -0.25) is 14.4 Å². The molecule has 0 aliphatic heterocycles. The van der Waals surface area contributed by atoms with Crippen LogP contribution < -0.4 is 0 Å². The number of Topliss-reactive ketones (excluding diaryl/α,β-unsaturated/α-hetero) is 3. The monoisotopic (exact) mass is 516 g/mol. The van der Waals surface area contributed by atoms with E-state index >= 15 is 0 Å². The van der Waals surface area contributed by atoms with Crippen LogP contribution in [0, 0.1) is 24.7 Å². The Kier molecular flexibility index (Phi) is 10.3. The van der Waals surface area contributed by atoms with Gasteiger partial charge in [0.1, 0.15) is 11.6 Å². The summed E-state index contributed by atoms with van der Waals surface area (Å²) in [4.78, 5) is 38.0. The number of fused-ring (bicyclic) bond motifs is 1. The highest BCUT2D eigenvalue weighted by molar-refractivity contribution is 6.00. The quantitative estimate of drug-likeness (QED) is 0.267. The Morgan fingerprint density at radius 1 is 0.974 bits per heavy atom. The first-order valence-corrected chi connectivity index (χ1v) is 14.7. The van der Waals surface area contributed by atoms with Gasteiger partial charge in [-0.1, -0.05) is 83.9 Å². The van der Waals surface area contributed by atoms with Gasteiger partial charge in [-0.15, -0.1) is 0 Å². The van der Waals surface area contributed by atoms with E-state index in [1.807, 2.05) is 0 Å². The number of aryl methyl sites for hydroxylation is 3. The third kappa shape index (κ3) is 7.52. The van der Waals surface area contributed by atoms with Gasteiger partial charge in [-0.25, -0.2) is 0 Å². The van der Waals surface area contributed by atoms with Crippen LogP contribution in [0.5, 0.6) is 0 Å². The molecule has 0 saturated heterocycles. The summed E-state index contributed by atoms with van der Waals surface area (Å²) in [5.41, 5.74) is 7.35. The SMILES string of the molecule is CCCC(CC1CC(=O)c2c(C)ccc(CCc3ccc(C(C)(C)C)cc3)c2C1)C(CC)C(=O)CC(C)=O. The van der Waals surface area contributed by atoms with Crippen molar-refractivity contribution in [1.29, 1.82) is 0 Å². The Balaban J connectivity index is 1.80. The molecule has 2 aromatic rings. The zero-order valence-corrected chi connectivity index (χ0v) is 24.8. The molecule has 3 unspecified atom stereocenters. The Morgan fingerprint density at radius 2 is 1.66 bits per heavy atom. The minimum atomic E-state index is -0.0941. The van der Waals surface area contributed by atoms with Crippen molar-refractivity contribution in [2.45, 2.75) is 112 Å². The lowest BCUT2D eigenvalue weighted by Gasteiger charge is -2.32. The predicted octanol–water partition coefficient (Wildman–Crippen LogP) is 8.20. The van der Waals surface area contributed by atoms with Gasteiger partial charge in [0, 0.05) is 17.9 Å². The third-order valence-electron chi connectivity index (χ3n) is 8.51. The number of ketones is 3. The second-order valence-corrected chi connectivity index (χ2v) is 12.7. The highest BCUT2D eigenvalue weighted by Crippen LogP contribution is 2.38. The summed E-state index contributed by atoms with van der Waals surface area (Å²) in [6, 6.07) is 13.3. The molecule has 1 aliphatic rings. The van der Waals surface area contributed by atoms with Crippen LogP contribution in [0.4, 0.5) is 0 Å². The Morgan fingerprint density at radius 3 is 2.24 bits per heavy atom. The van der Waals surface area contributed by atoms with Crippen molar-refractivity contribution >= 4 is 17.3 Å². The lowest BCUT2D eigenvalue weighted by Crippen LogP contribution is -2.30. The van der Waals surface area contributed by atoms with E-state index in [4.69, 9.17) is 0 Å². The maximum atomic E-state index is 13.4. The fourth-order valence-electron chi connectivity index (χ4n) is 6.49. The summed E-state index contributed by atoms with van der Waals surface area (Å²) >= 11 is 0. The summed E-state index contributed by atoms with van der Waals surface area (Å²) in [6.07, 6.45) is 6.97. The van der Waals surface area contributed by atoms with Crippen LogP contribution in [0.3, 0.4) is 0 Å². The van der Waals surface area contributed by atoms with Crippen molar-refractivity contribution in [1.82, 2.24) is 0 Å². The molecule has 0 spiro atoms. The molecule has 3 heteroatoms. The van der Waals surface area contributed by atoms with Crippen LogP contribution in [0.2, 0.25) is 0 Å². The number of carbonyl (C=O) groups is 3. The van der Waals surface area contributed by atoms with Crippen molar-refractivity contribution < 1.29 is 14.4 Å². The third-order valence-corrected chi connectivity index (χ3v) is 8.51. The number of rotatable bonds is 12. The molecule has 0 radical (unpaired) electrons. The molecule has 0 N–H and O–H groups in total. The molecule has 3 nitrogen and oxygen atoms in total.